The predicted octanol–water partition coefficient (Wildman–Crippen LogP) is 2.50. The van der Waals surface area contributed by atoms with Gasteiger partial charge in [0.25, 0.3) is 0 Å². The van der Waals surface area contributed by atoms with Crippen molar-refractivity contribution < 1.29 is 18.1 Å². The van der Waals surface area contributed by atoms with E-state index in [2.05, 4.69) is 9.97 Å². The molecule has 1 aliphatic rings. The van der Waals surface area contributed by atoms with Crippen LogP contribution in [0, 0.1) is 5.82 Å². The van der Waals surface area contributed by atoms with Crippen molar-refractivity contribution in [2.45, 2.75) is 4.90 Å². The zero-order chi connectivity index (χ0) is 21.8. The highest BCUT2D eigenvalue weighted by Gasteiger charge is 2.21. The molecule has 0 saturated carbocycles. The van der Waals surface area contributed by atoms with Crippen LogP contribution in [0.15, 0.2) is 59.8 Å². The van der Waals surface area contributed by atoms with Crippen molar-refractivity contribution in [3.05, 3.63) is 60.7 Å². The first-order valence-corrected chi connectivity index (χ1v) is 11.1. The van der Waals surface area contributed by atoms with Crippen LogP contribution >= 0.6 is 0 Å². The van der Waals surface area contributed by atoms with Crippen LogP contribution in [0.5, 0.6) is 0 Å². The third kappa shape index (κ3) is 4.78. The SMILES string of the molecule is Nc1ncc(-c2ccc(-c3ccccc3S(=O)CC(=O)N3CCOCC3)cc2F)cn1. The molecule has 9 heteroatoms. The summed E-state index contributed by atoms with van der Waals surface area (Å²) in [5.41, 5.74) is 7.53. The van der Waals surface area contributed by atoms with Crippen molar-refractivity contribution in [1.82, 2.24) is 14.9 Å². The second-order valence-corrected chi connectivity index (χ2v) is 8.42. The van der Waals surface area contributed by atoms with Gasteiger partial charge >= 0.3 is 0 Å². The van der Waals surface area contributed by atoms with Crippen LogP contribution in [0.2, 0.25) is 0 Å². The van der Waals surface area contributed by atoms with Crippen LogP contribution in [0.3, 0.4) is 0 Å². The van der Waals surface area contributed by atoms with Crippen LogP contribution in [-0.2, 0) is 20.3 Å². The van der Waals surface area contributed by atoms with E-state index in [1.54, 1.807) is 41.3 Å². The Bertz CT molecular complexity index is 1120. The lowest BCUT2D eigenvalue weighted by molar-refractivity contribution is -0.132. The summed E-state index contributed by atoms with van der Waals surface area (Å²) in [5.74, 6) is -0.652. The normalized spacial score (nSPS) is 14.9. The molecule has 7 nitrogen and oxygen atoms in total. The van der Waals surface area contributed by atoms with Gasteiger partial charge in [-0.2, -0.15) is 0 Å². The van der Waals surface area contributed by atoms with Crippen LogP contribution in [-0.4, -0.2) is 57.0 Å². The molecule has 1 amide bonds. The summed E-state index contributed by atoms with van der Waals surface area (Å²) in [4.78, 5) is 22.5. The highest BCUT2D eigenvalue weighted by Crippen LogP contribution is 2.31. The van der Waals surface area contributed by atoms with Gasteiger partial charge in [0, 0.05) is 41.5 Å². The number of anilines is 1. The van der Waals surface area contributed by atoms with Crippen LogP contribution in [0.25, 0.3) is 22.3 Å². The van der Waals surface area contributed by atoms with Crippen LogP contribution < -0.4 is 5.73 Å². The van der Waals surface area contributed by atoms with Gasteiger partial charge in [-0.25, -0.2) is 14.4 Å². The summed E-state index contributed by atoms with van der Waals surface area (Å²) in [6, 6.07) is 11.8. The molecule has 31 heavy (non-hydrogen) atoms. The number of ether oxygens (including phenoxy) is 1. The maximum atomic E-state index is 14.9. The predicted molar refractivity (Wildman–Crippen MR) is 116 cm³/mol. The monoisotopic (exact) mass is 440 g/mol. The molecular weight excluding hydrogens is 419 g/mol. The molecule has 4 rings (SSSR count). The van der Waals surface area contributed by atoms with E-state index >= 15 is 0 Å². The second-order valence-electron chi connectivity index (χ2n) is 7.00. The molecule has 1 unspecified atom stereocenters. The standard InChI is InChI=1S/C22H21FN4O3S/c23-19-11-15(5-6-17(19)16-12-25-22(24)26-13-16)18-3-1-2-4-20(18)31(29)14-21(28)27-7-9-30-10-8-27/h1-6,11-13H,7-10,14H2,(H2,24,25,26). The lowest BCUT2D eigenvalue weighted by Gasteiger charge is -2.26. The molecule has 1 saturated heterocycles. The first-order chi connectivity index (χ1) is 15.0. The number of hydrogen-bond donors (Lipinski definition) is 1. The number of carbonyl (C=O) groups excluding carboxylic acids is 1. The number of aromatic nitrogens is 2. The minimum Gasteiger partial charge on any atom is -0.378 e. The van der Waals surface area contributed by atoms with E-state index in [9.17, 15) is 13.4 Å². The largest absolute Gasteiger partial charge is 0.378 e. The number of nitrogens with two attached hydrogens (primary N) is 1. The van der Waals surface area contributed by atoms with E-state index in [0.29, 0.717) is 53.5 Å². The van der Waals surface area contributed by atoms with Crippen molar-refractivity contribution in [1.29, 1.82) is 0 Å². The van der Waals surface area contributed by atoms with Crippen molar-refractivity contribution in [2.24, 2.45) is 0 Å². The fourth-order valence-corrected chi connectivity index (χ4v) is 4.62. The quantitative estimate of drug-likeness (QED) is 0.655. The fourth-order valence-electron chi connectivity index (χ4n) is 3.39. The number of hydrogen-bond acceptors (Lipinski definition) is 6. The molecule has 0 spiro atoms. The van der Waals surface area contributed by atoms with E-state index < -0.39 is 16.6 Å². The zero-order valence-electron chi connectivity index (χ0n) is 16.7. The van der Waals surface area contributed by atoms with Crippen molar-refractivity contribution in [2.75, 3.05) is 37.8 Å². The Labute approximate surface area is 181 Å². The number of benzene rings is 2. The highest BCUT2D eigenvalue weighted by atomic mass is 32.2. The van der Waals surface area contributed by atoms with Crippen molar-refractivity contribution in [3.63, 3.8) is 0 Å². The van der Waals surface area contributed by atoms with E-state index in [-0.39, 0.29) is 17.6 Å². The average Bonchev–Trinajstić information content (AvgIpc) is 2.80. The Hall–Kier alpha value is -3.17. The molecule has 0 bridgehead atoms. The number of rotatable bonds is 5. The number of carbonyl (C=O) groups is 1. The molecule has 1 aromatic heterocycles. The van der Waals surface area contributed by atoms with Gasteiger partial charge in [0.15, 0.2) is 0 Å². The maximum Gasteiger partial charge on any atom is 0.235 e. The Kier molecular flexibility index (Phi) is 6.34. The topological polar surface area (TPSA) is 98.4 Å². The molecule has 0 radical (unpaired) electrons. The van der Waals surface area contributed by atoms with E-state index in [1.807, 2.05) is 0 Å². The van der Waals surface area contributed by atoms with E-state index in [0.717, 1.165) is 0 Å². The molecule has 2 N–H and O–H groups in total. The number of amides is 1. The van der Waals surface area contributed by atoms with Gasteiger partial charge in [0.1, 0.15) is 11.6 Å². The molecular formula is C22H21FN4O3S. The minimum absolute atomic E-state index is 0.115. The lowest BCUT2D eigenvalue weighted by atomic mass is 10.0. The fraction of sp³-hybridized carbons (Fsp3) is 0.227. The Morgan fingerprint density at radius 3 is 2.48 bits per heavy atom. The molecule has 2 heterocycles. The van der Waals surface area contributed by atoms with Gasteiger partial charge in [0.05, 0.1) is 24.0 Å². The van der Waals surface area contributed by atoms with E-state index in [4.69, 9.17) is 10.5 Å². The Morgan fingerprint density at radius 2 is 1.77 bits per heavy atom. The second kappa shape index (κ2) is 9.32. The van der Waals surface area contributed by atoms with Gasteiger partial charge in [-0.3, -0.25) is 9.00 Å². The zero-order valence-corrected chi connectivity index (χ0v) is 17.5. The van der Waals surface area contributed by atoms with Crippen molar-refractivity contribution >= 4 is 22.7 Å². The highest BCUT2D eigenvalue weighted by molar-refractivity contribution is 7.86. The first-order valence-electron chi connectivity index (χ1n) is 9.73. The molecule has 160 valence electrons. The minimum atomic E-state index is -1.57. The molecule has 2 aromatic carbocycles. The summed E-state index contributed by atoms with van der Waals surface area (Å²) in [7, 11) is -1.57. The molecule has 1 atom stereocenters. The Balaban J connectivity index is 1.59. The van der Waals surface area contributed by atoms with Crippen LogP contribution in [0.4, 0.5) is 10.3 Å². The number of nitrogen functional groups attached to an aromatic ring is 1. The van der Waals surface area contributed by atoms with Gasteiger partial charge in [-0.05, 0) is 23.3 Å². The van der Waals surface area contributed by atoms with Gasteiger partial charge < -0.3 is 15.4 Å². The van der Waals surface area contributed by atoms with Gasteiger partial charge in [-0.15, -0.1) is 0 Å². The summed E-state index contributed by atoms with van der Waals surface area (Å²) in [5, 5.41) is 0. The summed E-state index contributed by atoms with van der Waals surface area (Å²) in [6.07, 6.45) is 2.92. The van der Waals surface area contributed by atoms with Gasteiger partial charge in [0.2, 0.25) is 11.9 Å². The lowest BCUT2D eigenvalue weighted by Crippen LogP contribution is -2.42. The molecule has 1 aliphatic heterocycles. The third-order valence-corrected chi connectivity index (χ3v) is 6.37. The molecule has 0 aliphatic carbocycles. The smallest absolute Gasteiger partial charge is 0.235 e. The maximum absolute atomic E-state index is 14.9. The van der Waals surface area contributed by atoms with Crippen LogP contribution in [0.1, 0.15) is 0 Å². The number of halogens is 1. The first kappa shape index (κ1) is 21.1. The third-order valence-electron chi connectivity index (χ3n) is 5.01. The van der Waals surface area contributed by atoms with Crippen molar-refractivity contribution in [3.8, 4) is 22.3 Å². The molecule has 1 fully saturated rings. The number of morpholine rings is 1. The summed E-state index contributed by atoms with van der Waals surface area (Å²) in [6.45, 7) is 1.97. The summed E-state index contributed by atoms with van der Waals surface area (Å²) >= 11 is 0. The number of nitrogens with zero attached hydrogens (tertiary/aromatic N) is 3. The van der Waals surface area contributed by atoms with Gasteiger partial charge in [-0.1, -0.05) is 30.3 Å². The van der Waals surface area contributed by atoms with E-state index in [1.165, 1.54) is 18.5 Å². The average molecular weight is 441 g/mol. The molecule has 3 aromatic rings. The Morgan fingerprint density at radius 1 is 1.06 bits per heavy atom. The summed E-state index contributed by atoms with van der Waals surface area (Å²) < 4.78 is 33.1.